The molecule has 0 fully saturated rings. The van der Waals surface area contributed by atoms with Crippen molar-refractivity contribution in [2.24, 2.45) is 0 Å². The number of H-pyrrole nitrogens is 1. The van der Waals surface area contributed by atoms with E-state index in [1.165, 1.54) is 6.07 Å². The number of hydrogen-bond acceptors (Lipinski definition) is 4. The van der Waals surface area contributed by atoms with Crippen LogP contribution in [0.5, 0.6) is 5.75 Å². The molecule has 2 rings (SSSR count). The second-order valence-electron chi connectivity index (χ2n) is 3.72. The van der Waals surface area contributed by atoms with Gasteiger partial charge in [-0.25, -0.2) is 4.79 Å². The molecule has 0 aliphatic carbocycles. The predicted octanol–water partition coefficient (Wildman–Crippen LogP) is 2.94. The average Bonchev–Trinajstić information content (AvgIpc) is 2.37. The largest absolute Gasteiger partial charge is 0.505 e. The molecule has 1 aromatic carbocycles. The van der Waals surface area contributed by atoms with Crippen LogP contribution in [0.15, 0.2) is 25.9 Å². The van der Waals surface area contributed by atoms with Crippen molar-refractivity contribution in [3.63, 3.8) is 0 Å². The van der Waals surface area contributed by atoms with Crippen LogP contribution in [0.2, 0.25) is 0 Å². The van der Waals surface area contributed by atoms with Gasteiger partial charge < -0.3 is 14.8 Å². The number of nitrogens with one attached hydrogen (secondary N) is 1. The van der Waals surface area contributed by atoms with Crippen molar-refractivity contribution in [2.75, 3.05) is 6.61 Å². The molecule has 0 spiro atoms. The maximum atomic E-state index is 11.8. The van der Waals surface area contributed by atoms with Crippen molar-refractivity contribution in [3.8, 4) is 5.75 Å². The molecule has 0 amide bonds. The van der Waals surface area contributed by atoms with Gasteiger partial charge in [0, 0.05) is 5.39 Å². The smallest absolute Gasteiger partial charge is 0.343 e. The molecule has 0 bridgehead atoms. The second kappa shape index (κ2) is 5.34. The fourth-order valence-corrected chi connectivity index (χ4v) is 2.88. The number of pyridine rings is 1. The lowest BCUT2D eigenvalue weighted by Gasteiger charge is -2.07. The predicted molar refractivity (Wildman–Crippen MR) is 77.6 cm³/mol. The molecule has 0 saturated carbocycles. The number of hydrogen-bond donors (Lipinski definition) is 2. The number of fused-ring (bicyclic) bond motifs is 1. The monoisotopic (exact) mass is 389 g/mol. The van der Waals surface area contributed by atoms with Crippen molar-refractivity contribution in [1.82, 2.24) is 4.98 Å². The Kier molecular flexibility index (Phi) is 3.96. The number of esters is 1. The molecular weight excluding hydrogens is 382 g/mol. The summed E-state index contributed by atoms with van der Waals surface area (Å²) in [5.41, 5.74) is -0.217. The van der Waals surface area contributed by atoms with E-state index < -0.39 is 11.5 Å². The first-order valence-electron chi connectivity index (χ1n) is 5.36. The summed E-state index contributed by atoms with van der Waals surface area (Å²) in [7, 11) is 0. The molecule has 1 aromatic heterocycles. The van der Waals surface area contributed by atoms with Crippen molar-refractivity contribution in [3.05, 3.63) is 37.0 Å². The Balaban J connectivity index is 2.73. The van der Waals surface area contributed by atoms with E-state index in [0.717, 1.165) is 0 Å². The summed E-state index contributed by atoms with van der Waals surface area (Å²) in [6, 6.07) is 3.04. The van der Waals surface area contributed by atoms with Gasteiger partial charge in [-0.2, -0.15) is 0 Å². The van der Waals surface area contributed by atoms with E-state index in [4.69, 9.17) is 4.74 Å². The number of carbonyl (C=O) groups is 1. The molecule has 0 aliphatic rings. The number of benzene rings is 1. The topological polar surface area (TPSA) is 79.4 Å². The summed E-state index contributed by atoms with van der Waals surface area (Å²) < 4.78 is 5.61. The fraction of sp³-hybridized carbons (Fsp3) is 0.167. The van der Waals surface area contributed by atoms with Crippen molar-refractivity contribution in [1.29, 1.82) is 0 Å². The molecule has 1 heterocycles. The lowest BCUT2D eigenvalue weighted by molar-refractivity contribution is 0.0524. The zero-order valence-electron chi connectivity index (χ0n) is 9.79. The van der Waals surface area contributed by atoms with Gasteiger partial charge in [0.2, 0.25) is 0 Å². The van der Waals surface area contributed by atoms with E-state index in [-0.39, 0.29) is 17.9 Å². The lowest BCUT2D eigenvalue weighted by Crippen LogP contribution is -2.19. The van der Waals surface area contributed by atoms with Gasteiger partial charge in [-0.3, -0.25) is 4.79 Å². The van der Waals surface area contributed by atoms with E-state index in [1.54, 1.807) is 13.0 Å². The third-order valence-electron chi connectivity index (χ3n) is 2.50. The first kappa shape index (κ1) is 14.1. The summed E-state index contributed by atoms with van der Waals surface area (Å²) >= 11 is 6.38. The number of aromatic hydroxyl groups is 1. The number of rotatable bonds is 2. The number of halogens is 2. The van der Waals surface area contributed by atoms with Gasteiger partial charge in [-0.1, -0.05) is 0 Å². The van der Waals surface area contributed by atoms with Crippen molar-refractivity contribution >= 4 is 48.7 Å². The molecule has 0 aliphatic heterocycles. The second-order valence-corrected chi connectivity index (χ2v) is 5.37. The number of phenols is 1. The van der Waals surface area contributed by atoms with Crippen LogP contribution in [0.1, 0.15) is 17.3 Å². The van der Waals surface area contributed by atoms with Crippen LogP contribution >= 0.6 is 31.9 Å². The van der Waals surface area contributed by atoms with Gasteiger partial charge in [0.05, 0.1) is 21.1 Å². The van der Waals surface area contributed by atoms with Crippen LogP contribution in [0.25, 0.3) is 10.9 Å². The van der Waals surface area contributed by atoms with Crippen molar-refractivity contribution in [2.45, 2.75) is 6.92 Å². The Hall–Kier alpha value is -1.34. The molecule has 5 nitrogen and oxygen atoms in total. The number of aromatic nitrogens is 1. The average molecular weight is 391 g/mol. The summed E-state index contributed by atoms with van der Waals surface area (Å²) in [5, 5.41) is 10.3. The van der Waals surface area contributed by atoms with Gasteiger partial charge in [0.15, 0.2) is 0 Å². The molecule has 19 heavy (non-hydrogen) atoms. The van der Waals surface area contributed by atoms with Gasteiger partial charge in [-0.15, -0.1) is 0 Å². The molecule has 2 N–H and O–H groups in total. The SMILES string of the molecule is CCOC(=O)c1cc2cc(Br)c(O)c(Br)c2[nH]c1=O. The Bertz CT molecular complexity index is 724. The number of ether oxygens (including phenoxy) is 1. The molecule has 100 valence electrons. The standard InChI is InChI=1S/C12H9Br2NO4/c1-2-19-12(18)6-3-5-4-7(13)10(16)8(14)9(5)15-11(6)17/h3-4,16H,2H2,1H3,(H,15,17). The number of phenolic OH excluding ortho intramolecular Hbond substituents is 1. The minimum atomic E-state index is -0.675. The molecule has 0 saturated heterocycles. The first-order valence-corrected chi connectivity index (χ1v) is 6.95. The van der Waals surface area contributed by atoms with Crippen LogP contribution in [-0.2, 0) is 4.74 Å². The van der Waals surface area contributed by atoms with Gasteiger partial charge in [0.25, 0.3) is 5.56 Å². The molecule has 0 radical (unpaired) electrons. The number of carbonyl (C=O) groups excluding carboxylic acids is 1. The summed E-state index contributed by atoms with van der Waals surface area (Å²) in [5.74, 6) is -0.696. The zero-order valence-corrected chi connectivity index (χ0v) is 13.0. The van der Waals surface area contributed by atoms with E-state index in [2.05, 4.69) is 36.8 Å². The van der Waals surface area contributed by atoms with Gasteiger partial charge in [-0.05, 0) is 50.9 Å². The molecule has 0 atom stereocenters. The quantitative estimate of drug-likeness (QED) is 0.772. The Morgan fingerprint density at radius 3 is 2.74 bits per heavy atom. The molecule has 0 unspecified atom stereocenters. The minimum absolute atomic E-state index is 0.0213. The third kappa shape index (κ3) is 2.52. The lowest BCUT2D eigenvalue weighted by atomic mass is 10.1. The highest BCUT2D eigenvalue weighted by Crippen LogP contribution is 2.37. The highest BCUT2D eigenvalue weighted by atomic mass is 79.9. The minimum Gasteiger partial charge on any atom is -0.505 e. The van der Waals surface area contributed by atoms with E-state index in [1.807, 2.05) is 0 Å². The van der Waals surface area contributed by atoms with Crippen LogP contribution in [-0.4, -0.2) is 22.7 Å². The van der Waals surface area contributed by atoms with Crippen LogP contribution in [0.3, 0.4) is 0 Å². The normalized spacial score (nSPS) is 10.7. The highest BCUT2D eigenvalue weighted by molar-refractivity contribution is 9.11. The van der Waals surface area contributed by atoms with Crippen LogP contribution in [0.4, 0.5) is 0 Å². The van der Waals surface area contributed by atoms with E-state index in [0.29, 0.717) is 19.8 Å². The molecular formula is C12H9Br2NO4. The van der Waals surface area contributed by atoms with Gasteiger partial charge >= 0.3 is 5.97 Å². The van der Waals surface area contributed by atoms with Crippen molar-refractivity contribution < 1.29 is 14.6 Å². The Labute approximate surface area is 124 Å². The molecule has 7 heteroatoms. The maximum absolute atomic E-state index is 11.8. The van der Waals surface area contributed by atoms with E-state index >= 15 is 0 Å². The fourth-order valence-electron chi connectivity index (χ4n) is 1.63. The van der Waals surface area contributed by atoms with E-state index in [9.17, 15) is 14.7 Å². The van der Waals surface area contributed by atoms with Crippen LogP contribution in [0, 0.1) is 0 Å². The first-order chi connectivity index (χ1) is 8.95. The highest BCUT2D eigenvalue weighted by Gasteiger charge is 2.16. The zero-order chi connectivity index (χ0) is 14.2. The third-order valence-corrected chi connectivity index (χ3v) is 3.88. The van der Waals surface area contributed by atoms with Crippen LogP contribution < -0.4 is 5.56 Å². The molecule has 2 aromatic rings. The summed E-state index contributed by atoms with van der Waals surface area (Å²) in [6.07, 6.45) is 0. The Morgan fingerprint density at radius 1 is 1.42 bits per heavy atom. The van der Waals surface area contributed by atoms with Gasteiger partial charge in [0.1, 0.15) is 11.3 Å². The maximum Gasteiger partial charge on any atom is 0.343 e. The summed E-state index contributed by atoms with van der Waals surface area (Å²) in [6.45, 7) is 1.86. The number of aromatic amines is 1. The Morgan fingerprint density at radius 2 is 2.11 bits per heavy atom. The summed E-state index contributed by atoms with van der Waals surface area (Å²) in [4.78, 5) is 26.0.